The molecule has 0 aromatic heterocycles. The summed E-state index contributed by atoms with van der Waals surface area (Å²) in [6.45, 7) is 11.8. The number of nitrogens with two attached hydrogens (primary N) is 1. The number of nitrogens with one attached hydrogen (secondary N) is 6. The number of hydrogen-bond acceptors (Lipinski definition) is 9. The number of primary amides is 1. The maximum Gasteiger partial charge on any atom is 0.303 e. The number of hydrogen-bond donors (Lipinski definition) is 9. The molecule has 0 rings (SSSR count). The van der Waals surface area contributed by atoms with Crippen LogP contribution in [0.2, 0.25) is 0 Å². The van der Waals surface area contributed by atoms with Crippen molar-refractivity contribution >= 4 is 53.3 Å². The number of carboxylic acid groups (broad SMARTS) is 2. The van der Waals surface area contributed by atoms with E-state index in [1.54, 1.807) is 27.7 Å². The number of aliphatic carboxylic acids is 2. The largest absolute Gasteiger partial charge is 0.481 e. The smallest absolute Gasteiger partial charge is 0.303 e. The Hall–Kier alpha value is -4.77. The van der Waals surface area contributed by atoms with E-state index in [0.717, 1.165) is 19.3 Å². The van der Waals surface area contributed by atoms with Gasteiger partial charge < -0.3 is 47.8 Å². The average Bonchev–Trinajstić information content (AvgIpc) is 3.16. The molecule has 0 fully saturated rings. The minimum absolute atomic E-state index is 0.250. The fourth-order valence-electron chi connectivity index (χ4n) is 6.29. The molecule has 0 aliphatic carbocycles. The van der Waals surface area contributed by atoms with E-state index >= 15 is 0 Å². The Morgan fingerprint density at radius 1 is 0.433 bits per heavy atom. The topological polar surface area (TPSA) is 292 Å². The molecule has 10 N–H and O–H groups in total. The van der Waals surface area contributed by atoms with Crippen LogP contribution in [0.3, 0.4) is 0 Å². The lowest BCUT2D eigenvalue weighted by molar-refractivity contribution is -0.139. The van der Waals surface area contributed by atoms with Crippen molar-refractivity contribution in [1.82, 2.24) is 31.9 Å². The molecule has 0 aromatic rings. The Labute approximate surface area is 355 Å². The SMILES string of the molecule is CCCCCCCCCCCCCCCC(=O)NC(C(=O)N[C@H](C(=O)N[C@@H](C)C(=O)N[C@@H](C)C(=O)N[C@@H](CCC(=O)O)C(=O)N[C@@H](CCC(=O)O)C(N)=O)C(C)C)C(C)C. The summed E-state index contributed by atoms with van der Waals surface area (Å²) in [7, 11) is 0. The Morgan fingerprint density at radius 3 is 1.23 bits per heavy atom. The molecule has 6 atom stereocenters. The van der Waals surface area contributed by atoms with Crippen LogP contribution in [-0.4, -0.2) is 99.8 Å². The molecule has 0 aliphatic rings. The van der Waals surface area contributed by atoms with Crippen molar-refractivity contribution in [3.8, 4) is 0 Å². The first kappa shape index (κ1) is 55.2. The quantitative estimate of drug-likeness (QED) is 0.0424. The van der Waals surface area contributed by atoms with Gasteiger partial charge in [-0.15, -0.1) is 0 Å². The summed E-state index contributed by atoms with van der Waals surface area (Å²) in [6.07, 6.45) is 13.9. The van der Waals surface area contributed by atoms with Crippen LogP contribution in [0, 0.1) is 11.8 Å². The van der Waals surface area contributed by atoms with Gasteiger partial charge in [0.2, 0.25) is 41.4 Å². The number of carbonyl (C=O) groups excluding carboxylic acids is 7. The lowest BCUT2D eigenvalue weighted by atomic mass is 9.99. The third kappa shape index (κ3) is 25.0. The van der Waals surface area contributed by atoms with Gasteiger partial charge in [-0.25, -0.2) is 0 Å². The van der Waals surface area contributed by atoms with Gasteiger partial charge in [0.15, 0.2) is 0 Å². The molecule has 0 radical (unpaired) electrons. The molecular formula is C42H75N7O11. The van der Waals surface area contributed by atoms with E-state index in [-0.39, 0.29) is 24.7 Å². The predicted octanol–water partition coefficient (Wildman–Crippen LogP) is 2.94. The number of carbonyl (C=O) groups is 9. The molecule has 18 nitrogen and oxygen atoms in total. The van der Waals surface area contributed by atoms with Crippen LogP contribution < -0.4 is 37.6 Å². The monoisotopic (exact) mass is 854 g/mol. The van der Waals surface area contributed by atoms with Gasteiger partial charge >= 0.3 is 11.9 Å². The maximum absolute atomic E-state index is 13.4. The molecule has 0 heterocycles. The Morgan fingerprint density at radius 2 is 0.800 bits per heavy atom. The Balaban J connectivity index is 5.15. The first-order chi connectivity index (χ1) is 28.2. The second-order valence-electron chi connectivity index (χ2n) is 16.4. The fraction of sp³-hybridized carbons (Fsp3) is 0.786. The summed E-state index contributed by atoms with van der Waals surface area (Å²) in [5.41, 5.74) is 5.27. The molecule has 0 aliphatic heterocycles. The zero-order valence-corrected chi connectivity index (χ0v) is 37.0. The summed E-state index contributed by atoms with van der Waals surface area (Å²) < 4.78 is 0. The van der Waals surface area contributed by atoms with Crippen LogP contribution in [0.15, 0.2) is 0 Å². The summed E-state index contributed by atoms with van der Waals surface area (Å²) in [5, 5.41) is 33.1. The summed E-state index contributed by atoms with van der Waals surface area (Å²) in [5.74, 6) is -8.46. The molecular weight excluding hydrogens is 778 g/mol. The van der Waals surface area contributed by atoms with Gasteiger partial charge in [0, 0.05) is 19.3 Å². The molecule has 0 saturated heterocycles. The highest BCUT2D eigenvalue weighted by Gasteiger charge is 2.33. The van der Waals surface area contributed by atoms with Crippen LogP contribution >= 0.6 is 0 Å². The summed E-state index contributed by atoms with van der Waals surface area (Å²) in [6, 6.07) is -7.39. The zero-order valence-electron chi connectivity index (χ0n) is 37.0. The Bertz CT molecular complexity index is 1390. The number of amides is 7. The van der Waals surface area contributed by atoms with Gasteiger partial charge in [-0.2, -0.15) is 0 Å². The van der Waals surface area contributed by atoms with Crippen LogP contribution in [0.4, 0.5) is 0 Å². The first-order valence-corrected chi connectivity index (χ1v) is 21.8. The number of rotatable bonds is 34. The second-order valence-corrected chi connectivity index (χ2v) is 16.4. The first-order valence-electron chi connectivity index (χ1n) is 21.8. The van der Waals surface area contributed by atoms with Gasteiger partial charge in [-0.1, -0.05) is 112 Å². The van der Waals surface area contributed by atoms with Crippen molar-refractivity contribution in [3.05, 3.63) is 0 Å². The second kappa shape index (κ2) is 31.2. The average molecular weight is 854 g/mol. The van der Waals surface area contributed by atoms with Crippen molar-refractivity contribution in [2.75, 3.05) is 0 Å². The number of unbranched alkanes of at least 4 members (excludes halogenated alkanes) is 12. The van der Waals surface area contributed by atoms with E-state index in [0.29, 0.717) is 6.42 Å². The summed E-state index contributed by atoms with van der Waals surface area (Å²) >= 11 is 0. The molecule has 344 valence electrons. The van der Waals surface area contributed by atoms with E-state index in [4.69, 9.17) is 15.9 Å². The van der Waals surface area contributed by atoms with Gasteiger partial charge in [-0.05, 0) is 44.9 Å². The molecule has 7 amide bonds. The van der Waals surface area contributed by atoms with Crippen LogP contribution in [0.1, 0.15) is 164 Å². The normalized spacial score (nSPS) is 14.2. The van der Waals surface area contributed by atoms with E-state index in [2.05, 4.69) is 38.8 Å². The standard InChI is InChI=1S/C42H75N7O11/c1-8-9-10-11-12-13-14-15-16-17-18-19-20-21-32(50)48-35(26(2)3)42(60)49-36(27(4)5)41(59)45-28(6)38(56)44-29(7)39(57)47-31(23-25-34(53)54)40(58)46-30(37(43)55)22-24-33(51)52/h26-31,35-36H,8-25H2,1-7H3,(H2,43,55)(H,44,56)(H,45,59)(H,46,58)(H,47,57)(H,48,50)(H,49,60)(H,51,52)(H,53,54)/t28-,29-,30-,31-,35?,36-/m0/s1. The maximum atomic E-state index is 13.4. The van der Waals surface area contributed by atoms with Crippen molar-refractivity contribution in [2.24, 2.45) is 17.6 Å². The predicted molar refractivity (Wildman–Crippen MR) is 226 cm³/mol. The number of carboxylic acids is 2. The highest BCUT2D eigenvalue weighted by Crippen LogP contribution is 2.14. The lowest BCUT2D eigenvalue weighted by Gasteiger charge is -2.28. The molecule has 0 bridgehead atoms. The van der Waals surface area contributed by atoms with E-state index in [9.17, 15) is 43.2 Å². The van der Waals surface area contributed by atoms with Gasteiger partial charge in [0.25, 0.3) is 0 Å². The molecule has 0 spiro atoms. The Kier molecular flexibility index (Phi) is 28.7. The zero-order chi connectivity index (χ0) is 45.8. The highest BCUT2D eigenvalue weighted by atomic mass is 16.4. The van der Waals surface area contributed by atoms with Gasteiger partial charge in [-0.3, -0.25) is 43.2 Å². The highest BCUT2D eigenvalue weighted by molar-refractivity contribution is 5.97. The van der Waals surface area contributed by atoms with Gasteiger partial charge in [0.05, 0.1) is 0 Å². The molecule has 18 heteroatoms. The van der Waals surface area contributed by atoms with E-state index in [1.165, 1.54) is 71.6 Å². The van der Waals surface area contributed by atoms with Crippen molar-refractivity contribution in [2.45, 2.75) is 200 Å². The van der Waals surface area contributed by atoms with E-state index < -0.39 is 109 Å². The minimum Gasteiger partial charge on any atom is -0.481 e. The molecule has 60 heavy (non-hydrogen) atoms. The van der Waals surface area contributed by atoms with Crippen LogP contribution in [0.5, 0.6) is 0 Å². The lowest BCUT2D eigenvalue weighted by Crippen LogP contribution is -2.60. The fourth-order valence-corrected chi connectivity index (χ4v) is 6.29. The van der Waals surface area contributed by atoms with Crippen LogP contribution in [0.25, 0.3) is 0 Å². The van der Waals surface area contributed by atoms with Gasteiger partial charge in [0.1, 0.15) is 36.3 Å². The van der Waals surface area contributed by atoms with E-state index in [1.807, 2.05) is 0 Å². The third-order valence-corrected chi connectivity index (χ3v) is 10.1. The molecule has 0 saturated carbocycles. The van der Waals surface area contributed by atoms with Crippen LogP contribution in [-0.2, 0) is 43.2 Å². The molecule has 0 aromatic carbocycles. The van der Waals surface area contributed by atoms with Crippen molar-refractivity contribution in [3.63, 3.8) is 0 Å². The van der Waals surface area contributed by atoms with Crippen molar-refractivity contribution in [1.29, 1.82) is 0 Å². The summed E-state index contributed by atoms with van der Waals surface area (Å²) in [4.78, 5) is 112. The molecule has 1 unspecified atom stereocenters. The minimum atomic E-state index is -1.49. The third-order valence-electron chi connectivity index (χ3n) is 10.1. The van der Waals surface area contributed by atoms with Crippen molar-refractivity contribution < 1.29 is 53.4 Å².